The molecule has 0 aromatic carbocycles. The first-order valence-electron chi connectivity index (χ1n) is 9.63. The Morgan fingerprint density at radius 1 is 1.36 bits per heavy atom. The van der Waals surface area contributed by atoms with Gasteiger partial charge in [-0.1, -0.05) is 32.4 Å². The number of carboxylic acid groups (broad SMARTS) is 1. The molecule has 0 aromatic rings. The lowest BCUT2D eigenvalue weighted by atomic mass is 9.46. The van der Waals surface area contributed by atoms with Crippen LogP contribution in [0.25, 0.3) is 0 Å². The van der Waals surface area contributed by atoms with Crippen molar-refractivity contribution < 1.29 is 19.4 Å². The Labute approximate surface area is 152 Å². The normalized spacial score (nSPS) is 36.4. The SMILES string of the molecule is C=C1CC[C@H]2[C@](C)(CCC[C@@]2(C)C(=O)OC)[C@@H]1CC[C@H](C)CC(=O)O. The molecule has 2 fully saturated rings. The summed E-state index contributed by atoms with van der Waals surface area (Å²) in [6.45, 7) is 10.8. The van der Waals surface area contributed by atoms with E-state index in [9.17, 15) is 9.59 Å². The van der Waals surface area contributed by atoms with Crippen LogP contribution in [0, 0.1) is 28.6 Å². The molecule has 1 N–H and O–H groups in total. The van der Waals surface area contributed by atoms with Gasteiger partial charge in [-0.15, -0.1) is 0 Å². The fourth-order valence-electron chi connectivity index (χ4n) is 5.81. The molecule has 0 spiro atoms. The Balaban J connectivity index is 2.21. The van der Waals surface area contributed by atoms with Gasteiger partial charge in [0, 0.05) is 6.42 Å². The van der Waals surface area contributed by atoms with Crippen LogP contribution in [0.5, 0.6) is 0 Å². The summed E-state index contributed by atoms with van der Waals surface area (Å²) in [4.78, 5) is 23.5. The predicted molar refractivity (Wildman–Crippen MR) is 98.1 cm³/mol. The molecule has 0 bridgehead atoms. The highest BCUT2D eigenvalue weighted by molar-refractivity contribution is 5.77. The van der Waals surface area contributed by atoms with Gasteiger partial charge in [0.25, 0.3) is 0 Å². The largest absolute Gasteiger partial charge is 0.481 e. The van der Waals surface area contributed by atoms with Crippen LogP contribution in [0.2, 0.25) is 0 Å². The number of methoxy groups -OCH3 is 1. The van der Waals surface area contributed by atoms with E-state index in [-0.39, 0.29) is 23.7 Å². The first-order chi connectivity index (χ1) is 11.6. The smallest absolute Gasteiger partial charge is 0.311 e. The number of carbonyl (C=O) groups excluding carboxylic acids is 1. The quantitative estimate of drug-likeness (QED) is 0.550. The molecular formula is C21H34O4. The molecule has 142 valence electrons. The molecule has 0 saturated heterocycles. The molecule has 5 atom stereocenters. The molecule has 4 heteroatoms. The lowest BCUT2D eigenvalue weighted by molar-refractivity contribution is -0.168. The number of hydrogen-bond donors (Lipinski definition) is 1. The van der Waals surface area contributed by atoms with Crippen molar-refractivity contribution in [2.75, 3.05) is 7.11 Å². The Morgan fingerprint density at radius 3 is 2.64 bits per heavy atom. The van der Waals surface area contributed by atoms with E-state index in [2.05, 4.69) is 20.4 Å². The van der Waals surface area contributed by atoms with Crippen molar-refractivity contribution in [3.63, 3.8) is 0 Å². The minimum Gasteiger partial charge on any atom is -0.481 e. The maximum absolute atomic E-state index is 12.6. The molecule has 4 nitrogen and oxygen atoms in total. The molecule has 25 heavy (non-hydrogen) atoms. The number of allylic oxidation sites excluding steroid dienone is 1. The molecule has 0 heterocycles. The summed E-state index contributed by atoms with van der Waals surface area (Å²) in [5, 5.41) is 9.00. The second kappa shape index (κ2) is 7.51. The first-order valence-corrected chi connectivity index (χ1v) is 9.63. The summed E-state index contributed by atoms with van der Waals surface area (Å²) < 4.78 is 5.16. The number of esters is 1. The second-order valence-electron chi connectivity index (χ2n) is 8.85. The average Bonchev–Trinajstić information content (AvgIpc) is 2.52. The molecule has 0 amide bonds. The minimum atomic E-state index is -0.727. The predicted octanol–water partition coefficient (Wildman–Crippen LogP) is 4.83. The fourth-order valence-corrected chi connectivity index (χ4v) is 5.81. The number of fused-ring (bicyclic) bond motifs is 1. The number of carboxylic acids is 1. The third-order valence-corrected chi connectivity index (χ3v) is 7.14. The number of carbonyl (C=O) groups is 2. The number of rotatable bonds is 6. The molecule has 2 saturated carbocycles. The summed E-state index contributed by atoms with van der Waals surface area (Å²) in [7, 11) is 1.49. The number of aliphatic carboxylic acids is 1. The van der Waals surface area contributed by atoms with Crippen molar-refractivity contribution in [1.29, 1.82) is 0 Å². The monoisotopic (exact) mass is 350 g/mol. The van der Waals surface area contributed by atoms with Crippen molar-refractivity contribution in [3.05, 3.63) is 12.2 Å². The first kappa shape index (κ1) is 20.0. The van der Waals surface area contributed by atoms with E-state index in [0.717, 1.165) is 44.9 Å². The van der Waals surface area contributed by atoms with Crippen LogP contribution in [0.15, 0.2) is 12.2 Å². The van der Waals surface area contributed by atoms with Crippen molar-refractivity contribution >= 4 is 11.9 Å². The van der Waals surface area contributed by atoms with Crippen LogP contribution < -0.4 is 0 Å². The van der Waals surface area contributed by atoms with Crippen molar-refractivity contribution in [2.24, 2.45) is 28.6 Å². The highest BCUT2D eigenvalue weighted by Crippen LogP contribution is 2.62. The summed E-state index contributed by atoms with van der Waals surface area (Å²) in [5.74, 6) is 0.0482. The molecule has 0 unspecified atom stereocenters. The Morgan fingerprint density at radius 2 is 2.04 bits per heavy atom. The summed E-state index contributed by atoms with van der Waals surface area (Å²) in [5.41, 5.74) is 0.933. The highest BCUT2D eigenvalue weighted by atomic mass is 16.5. The zero-order valence-electron chi connectivity index (χ0n) is 16.3. The van der Waals surface area contributed by atoms with E-state index in [1.54, 1.807) is 0 Å². The van der Waals surface area contributed by atoms with Gasteiger partial charge >= 0.3 is 11.9 Å². The van der Waals surface area contributed by atoms with Gasteiger partial charge in [-0.05, 0) is 68.6 Å². The van der Waals surface area contributed by atoms with E-state index in [0.29, 0.717) is 11.8 Å². The van der Waals surface area contributed by atoms with Gasteiger partial charge in [0.15, 0.2) is 0 Å². The lowest BCUT2D eigenvalue weighted by Gasteiger charge is -2.57. The van der Waals surface area contributed by atoms with Gasteiger partial charge in [0.1, 0.15) is 0 Å². The standard InChI is InChI=1S/C21H34O4/c1-14(13-18(22)23)7-9-16-15(2)8-10-17-20(16,3)11-6-12-21(17,4)19(24)25-5/h14,16-17H,2,6-13H2,1,3-5H3,(H,22,23)/t14-,16+,17-,20+,21+/m0/s1. The zero-order valence-corrected chi connectivity index (χ0v) is 16.3. The van der Waals surface area contributed by atoms with Crippen LogP contribution in [0.1, 0.15) is 72.1 Å². The van der Waals surface area contributed by atoms with Crippen LogP contribution >= 0.6 is 0 Å². The van der Waals surface area contributed by atoms with Crippen molar-refractivity contribution in [2.45, 2.75) is 72.1 Å². The van der Waals surface area contributed by atoms with Gasteiger partial charge in [0.05, 0.1) is 12.5 Å². The molecule has 0 aliphatic heterocycles. The summed E-state index contributed by atoms with van der Waals surface area (Å²) >= 11 is 0. The van der Waals surface area contributed by atoms with E-state index in [1.165, 1.54) is 12.7 Å². The maximum Gasteiger partial charge on any atom is 0.311 e. The van der Waals surface area contributed by atoms with Crippen LogP contribution in [-0.4, -0.2) is 24.2 Å². The lowest BCUT2D eigenvalue weighted by Crippen LogP contribution is -2.53. The summed E-state index contributed by atoms with van der Waals surface area (Å²) in [6.07, 6.45) is 7.10. The maximum atomic E-state index is 12.6. The zero-order chi connectivity index (χ0) is 18.8. The third-order valence-electron chi connectivity index (χ3n) is 7.14. The fraction of sp³-hybridized carbons (Fsp3) is 0.810. The molecule has 2 aliphatic rings. The molecular weight excluding hydrogens is 316 g/mol. The van der Waals surface area contributed by atoms with Gasteiger partial charge in [-0.25, -0.2) is 0 Å². The molecule has 0 aromatic heterocycles. The number of ether oxygens (including phenoxy) is 1. The van der Waals surface area contributed by atoms with Crippen LogP contribution in [0.4, 0.5) is 0 Å². The van der Waals surface area contributed by atoms with E-state index < -0.39 is 11.4 Å². The molecule has 2 aliphatic carbocycles. The second-order valence-corrected chi connectivity index (χ2v) is 8.85. The Bertz CT molecular complexity index is 540. The van der Waals surface area contributed by atoms with E-state index in [4.69, 9.17) is 9.84 Å². The third kappa shape index (κ3) is 3.78. The van der Waals surface area contributed by atoms with Crippen molar-refractivity contribution in [1.82, 2.24) is 0 Å². The van der Waals surface area contributed by atoms with Crippen LogP contribution in [-0.2, 0) is 14.3 Å². The summed E-state index contributed by atoms with van der Waals surface area (Å²) in [6, 6.07) is 0. The van der Waals surface area contributed by atoms with Gasteiger partial charge < -0.3 is 9.84 Å². The van der Waals surface area contributed by atoms with E-state index >= 15 is 0 Å². The molecule has 0 radical (unpaired) electrons. The average molecular weight is 350 g/mol. The minimum absolute atomic E-state index is 0.0550. The van der Waals surface area contributed by atoms with E-state index in [1.807, 2.05) is 6.92 Å². The van der Waals surface area contributed by atoms with Crippen LogP contribution in [0.3, 0.4) is 0 Å². The van der Waals surface area contributed by atoms with Gasteiger partial charge in [-0.2, -0.15) is 0 Å². The highest BCUT2D eigenvalue weighted by Gasteiger charge is 2.57. The topological polar surface area (TPSA) is 63.6 Å². The molecule has 2 rings (SSSR count). The van der Waals surface area contributed by atoms with Gasteiger partial charge in [-0.3, -0.25) is 9.59 Å². The van der Waals surface area contributed by atoms with Crippen molar-refractivity contribution in [3.8, 4) is 0 Å². The Hall–Kier alpha value is -1.32. The Kier molecular flexibility index (Phi) is 6.01. The number of hydrogen-bond acceptors (Lipinski definition) is 3. The van der Waals surface area contributed by atoms with Gasteiger partial charge in [0.2, 0.25) is 0 Å².